The number of rotatable bonds is 28. The Labute approximate surface area is 480 Å². The molecule has 26 heteroatoms. The number of nitrogen functional groups attached to an aromatic ring is 1. The topological polar surface area (TPSA) is 280 Å². The summed E-state index contributed by atoms with van der Waals surface area (Å²) in [7, 11) is -2.21. The lowest BCUT2D eigenvalue weighted by atomic mass is 10.0. The number of halogens is 4. The molecule has 0 unspecified atom stereocenters. The van der Waals surface area contributed by atoms with E-state index in [4.69, 9.17) is 30.4 Å². The summed E-state index contributed by atoms with van der Waals surface area (Å²) < 4.78 is 96.3. The van der Waals surface area contributed by atoms with Crippen LogP contribution in [0.3, 0.4) is 0 Å². The Balaban J connectivity index is 0.668. The predicted octanol–water partition coefficient (Wildman–Crippen LogP) is 7.61. The number of ether oxygens (including phenoxy) is 4. The van der Waals surface area contributed by atoms with E-state index >= 15 is 4.39 Å². The Hall–Kier alpha value is -7.59. The Bertz CT molecular complexity index is 3390. The highest BCUT2D eigenvalue weighted by molar-refractivity contribution is 9.10. The third kappa shape index (κ3) is 16.5. The number of amides is 3. The van der Waals surface area contributed by atoms with Crippen molar-refractivity contribution in [1.29, 1.82) is 0 Å². The van der Waals surface area contributed by atoms with Gasteiger partial charge in [0.1, 0.15) is 41.9 Å². The van der Waals surface area contributed by atoms with Gasteiger partial charge in [0.15, 0.2) is 11.6 Å². The van der Waals surface area contributed by atoms with Crippen LogP contribution in [-0.2, 0) is 29.0 Å². The summed E-state index contributed by atoms with van der Waals surface area (Å²) in [5.74, 6) is -3.31. The normalized spacial score (nSPS) is 14.0. The van der Waals surface area contributed by atoms with Crippen molar-refractivity contribution < 1.29 is 54.9 Å². The Morgan fingerprint density at radius 3 is 2.34 bits per heavy atom. The van der Waals surface area contributed by atoms with Crippen LogP contribution in [0.1, 0.15) is 63.4 Å². The zero-order valence-electron chi connectivity index (χ0n) is 44.9. The number of likely N-dealkylation sites (N-methyl/N-ethyl adjacent to an activating group) is 1. The summed E-state index contributed by atoms with van der Waals surface area (Å²) in [5.41, 5.74) is 13.5. The summed E-state index contributed by atoms with van der Waals surface area (Å²) in [6.45, 7) is 5.48. The van der Waals surface area contributed by atoms with Crippen LogP contribution in [-0.4, -0.2) is 141 Å². The van der Waals surface area contributed by atoms with Crippen LogP contribution >= 0.6 is 15.9 Å². The van der Waals surface area contributed by atoms with E-state index in [1.165, 1.54) is 66.0 Å². The van der Waals surface area contributed by atoms with Crippen LogP contribution in [0.25, 0.3) is 11.3 Å². The van der Waals surface area contributed by atoms with Crippen molar-refractivity contribution in [2.24, 2.45) is 5.73 Å². The monoisotopic (exact) mass is 1210 g/mol. The van der Waals surface area contributed by atoms with Crippen LogP contribution in [0, 0.1) is 24.4 Å². The number of hydrogen-bond donors (Lipinski definition) is 6. The first kappa shape index (κ1) is 60.5. The van der Waals surface area contributed by atoms with Gasteiger partial charge in [-0.2, -0.15) is 4.98 Å². The van der Waals surface area contributed by atoms with E-state index < -0.39 is 39.3 Å². The van der Waals surface area contributed by atoms with Crippen molar-refractivity contribution in [3.05, 3.63) is 142 Å². The van der Waals surface area contributed by atoms with Gasteiger partial charge in [0.05, 0.1) is 71.9 Å². The van der Waals surface area contributed by atoms with Crippen LogP contribution in [0.15, 0.2) is 107 Å². The molecule has 0 radical (unpaired) electrons. The van der Waals surface area contributed by atoms with Gasteiger partial charge in [0.25, 0.3) is 11.8 Å². The largest absolute Gasteiger partial charge is 0.486 e. The molecule has 3 heterocycles. The zero-order valence-corrected chi connectivity index (χ0v) is 47.3. The number of primary amides is 1. The molecule has 0 atom stereocenters. The average Bonchev–Trinajstić information content (AvgIpc) is 4.27. The zero-order chi connectivity index (χ0) is 58.3. The molecule has 1 saturated carbocycles. The first-order valence-corrected chi connectivity index (χ1v) is 28.5. The van der Waals surface area contributed by atoms with Crippen LogP contribution in [0.5, 0.6) is 5.75 Å². The summed E-state index contributed by atoms with van der Waals surface area (Å²) in [4.78, 5) is 58.7. The fourth-order valence-electron chi connectivity index (χ4n) is 8.73. The summed E-state index contributed by atoms with van der Waals surface area (Å²) >= 11 is 3.33. The van der Waals surface area contributed by atoms with E-state index in [-0.39, 0.29) is 107 Å². The molecule has 21 nitrogen and oxygen atoms in total. The molecule has 1 saturated heterocycles. The second kappa shape index (κ2) is 28.4. The highest BCUT2D eigenvalue weighted by Gasteiger charge is 2.27. The Morgan fingerprint density at radius 2 is 1.61 bits per heavy atom. The third-order valence-corrected chi connectivity index (χ3v) is 15.4. The van der Waals surface area contributed by atoms with E-state index in [1.54, 1.807) is 32.2 Å². The molecule has 82 heavy (non-hydrogen) atoms. The minimum Gasteiger partial charge on any atom is -0.486 e. The van der Waals surface area contributed by atoms with Gasteiger partial charge in [-0.3, -0.25) is 19.3 Å². The number of hydrogen-bond acceptors (Lipinski definition) is 17. The van der Waals surface area contributed by atoms with Gasteiger partial charge in [-0.15, -0.1) is 0 Å². The molecule has 1 aliphatic heterocycles. The van der Waals surface area contributed by atoms with Crippen LogP contribution in [0.4, 0.5) is 47.8 Å². The molecule has 0 bridgehead atoms. The average molecular weight is 1220 g/mol. The van der Waals surface area contributed by atoms with E-state index in [1.807, 2.05) is 6.08 Å². The van der Waals surface area contributed by atoms with Gasteiger partial charge < -0.3 is 51.3 Å². The minimum absolute atomic E-state index is 0.00868. The Kier molecular flexibility index (Phi) is 21.0. The smallest absolute Gasteiger partial charge is 0.258 e. The number of nitrogens with zero attached hydrogens (tertiary/aromatic N) is 6. The van der Waals surface area contributed by atoms with Crippen molar-refractivity contribution in [3.8, 4) is 17.0 Å². The molecule has 6 aromatic rings. The van der Waals surface area contributed by atoms with E-state index in [9.17, 15) is 31.6 Å². The van der Waals surface area contributed by atoms with Crippen molar-refractivity contribution in [2.75, 3.05) is 101 Å². The van der Waals surface area contributed by atoms with Crippen molar-refractivity contribution >= 4 is 78.3 Å². The fraction of sp³-hybridized carbons (Fsp3) is 0.339. The maximum absolute atomic E-state index is 15.1. The first-order chi connectivity index (χ1) is 39.4. The molecule has 8 rings (SSSR count). The highest BCUT2D eigenvalue weighted by atomic mass is 79.9. The number of piperidine rings is 1. The quantitative estimate of drug-likeness (QED) is 0.0204. The number of carbonyl (C=O) groups excluding carboxylic acids is 3. The van der Waals surface area contributed by atoms with Crippen LogP contribution in [0.2, 0.25) is 0 Å². The second-order valence-electron chi connectivity index (χ2n) is 19.2. The van der Waals surface area contributed by atoms with Gasteiger partial charge in [0, 0.05) is 62.4 Å². The SMILES string of the molecule is Cc1c(NC(=O)c2ccc(C3CC3)cc2F)cc(F)cc1-c1ncnc(N)c1OCCN(C)C(=O)/C=C/CN1CCC(OCCOCCOCCNS(=O)(=O)c2ccc(Nc3ncc(Br)c(Nc4cccc(F)c4C(N)=O)n3)cc2)CC1. The lowest BCUT2D eigenvalue weighted by molar-refractivity contribution is -0.125. The van der Waals surface area contributed by atoms with E-state index in [0.29, 0.717) is 48.0 Å². The van der Waals surface area contributed by atoms with Gasteiger partial charge in [0.2, 0.25) is 21.9 Å². The summed E-state index contributed by atoms with van der Waals surface area (Å²) in [6.07, 6.45) is 9.65. The maximum Gasteiger partial charge on any atom is 0.258 e. The van der Waals surface area contributed by atoms with E-state index in [0.717, 1.165) is 56.5 Å². The standard InChI is InChI=1S/C56H62BrF3N12O9S/c1-34-42(30-37(58)31-47(34)69-55(75)41-15-10-36(29-45(41)60)35-8-9-35)50-51(52(61)65-33-64-50)81-24-22-71(2)48(73)7-4-19-72-20-16-39(17-21-72)80-28-27-79-26-25-78-23-18-66-82(76,77)40-13-11-38(12-14-40)67-56-63-32-43(57)54(70-56)68-46-6-3-5-44(59)49(46)53(62)74/h3-7,10-15,29-33,35,39,66H,8-9,16-28H2,1-2H3,(H2,62,74)(H,69,75)(H2,61,64,65)(H2,63,67,68,70)/b7-4+. The van der Waals surface area contributed by atoms with E-state index in [2.05, 4.69) is 61.4 Å². The molecule has 2 fully saturated rings. The minimum atomic E-state index is -3.84. The second-order valence-corrected chi connectivity index (χ2v) is 21.8. The van der Waals surface area contributed by atoms with Crippen molar-refractivity contribution in [3.63, 3.8) is 0 Å². The molecule has 1 aliphatic carbocycles. The molecular weight excluding hydrogens is 1150 g/mol. The lowest BCUT2D eigenvalue weighted by Crippen LogP contribution is -2.37. The highest BCUT2D eigenvalue weighted by Crippen LogP contribution is 2.41. The third-order valence-electron chi connectivity index (χ3n) is 13.4. The number of nitrogens with two attached hydrogens (primary N) is 2. The number of anilines is 6. The summed E-state index contributed by atoms with van der Waals surface area (Å²) in [6, 6.07) is 16.9. The molecule has 4 aromatic carbocycles. The fourth-order valence-corrected chi connectivity index (χ4v) is 10.0. The van der Waals surface area contributed by atoms with Gasteiger partial charge >= 0.3 is 0 Å². The molecule has 434 valence electrons. The molecule has 8 N–H and O–H groups in total. The van der Waals surface area contributed by atoms with Gasteiger partial charge in [-0.1, -0.05) is 18.2 Å². The number of likely N-dealkylation sites (tertiary alicyclic amines) is 1. The molecule has 2 aliphatic rings. The lowest BCUT2D eigenvalue weighted by Gasteiger charge is -2.31. The number of aromatic nitrogens is 4. The predicted molar refractivity (Wildman–Crippen MR) is 305 cm³/mol. The van der Waals surface area contributed by atoms with Crippen molar-refractivity contribution in [2.45, 2.75) is 49.5 Å². The van der Waals surface area contributed by atoms with Gasteiger partial charge in [-0.05, 0) is 126 Å². The van der Waals surface area contributed by atoms with Crippen LogP contribution < -0.4 is 36.9 Å². The maximum atomic E-state index is 15.1. The Morgan fingerprint density at radius 1 is 0.866 bits per heavy atom. The number of nitrogens with one attached hydrogen (secondary N) is 4. The molecule has 2 aromatic heterocycles. The number of sulfonamides is 1. The first-order valence-electron chi connectivity index (χ1n) is 26.2. The molecule has 3 amide bonds. The number of benzene rings is 4. The molecule has 0 spiro atoms. The molecular formula is C56H62BrF3N12O9S. The van der Waals surface area contributed by atoms with Gasteiger partial charge in [-0.25, -0.2) is 41.3 Å². The summed E-state index contributed by atoms with van der Waals surface area (Å²) in [5, 5.41) is 8.50. The number of carbonyl (C=O) groups is 3. The van der Waals surface area contributed by atoms with Crippen molar-refractivity contribution in [1.82, 2.24) is 34.5 Å².